The fraction of sp³-hybridized carbons (Fsp3) is 0.167. The minimum Gasteiger partial charge on any atom is -0.497 e. The molecular weight excluding hydrogens is 250 g/mol. The van der Waals surface area contributed by atoms with Gasteiger partial charge in [0.15, 0.2) is 4.77 Å². The molecule has 0 bridgehead atoms. The molecule has 0 radical (unpaired) electrons. The summed E-state index contributed by atoms with van der Waals surface area (Å²) < 4.78 is 12.6. The number of ether oxygens (including phenoxy) is 1. The first kappa shape index (κ1) is 11.0. The Balaban J connectivity index is 2.11. The van der Waals surface area contributed by atoms with E-state index in [4.69, 9.17) is 21.5 Å². The third-order valence-corrected chi connectivity index (χ3v) is 3.12. The maximum atomic E-state index is 5.31. The fourth-order valence-electron chi connectivity index (χ4n) is 1.91. The van der Waals surface area contributed by atoms with Gasteiger partial charge < -0.3 is 18.8 Å². The third kappa shape index (κ3) is 1.80. The number of imidazole rings is 1. The quantitative estimate of drug-likeness (QED) is 0.736. The average molecular weight is 261 g/mol. The second-order valence-electron chi connectivity index (χ2n) is 3.89. The third-order valence-electron chi connectivity index (χ3n) is 2.79. The Bertz CT molecular complexity index is 727. The summed E-state index contributed by atoms with van der Waals surface area (Å²) in [4.78, 5) is 3.15. The SMILES string of the molecule is COc1ccc2c(c1)[nH]c(=S)n2Cc1ccon1. The van der Waals surface area contributed by atoms with Crippen molar-refractivity contribution in [2.45, 2.75) is 6.54 Å². The van der Waals surface area contributed by atoms with Crippen LogP contribution in [0.5, 0.6) is 5.75 Å². The van der Waals surface area contributed by atoms with Gasteiger partial charge in [0, 0.05) is 12.1 Å². The highest BCUT2D eigenvalue weighted by atomic mass is 32.1. The number of hydrogen-bond donors (Lipinski definition) is 1. The second kappa shape index (κ2) is 4.30. The Morgan fingerprint density at radius 3 is 3.06 bits per heavy atom. The Morgan fingerprint density at radius 2 is 2.33 bits per heavy atom. The number of fused-ring (bicyclic) bond motifs is 1. The van der Waals surface area contributed by atoms with Crippen molar-refractivity contribution in [1.29, 1.82) is 0 Å². The van der Waals surface area contributed by atoms with Crippen LogP contribution in [0, 0.1) is 4.77 Å². The van der Waals surface area contributed by atoms with Crippen LogP contribution in [0.3, 0.4) is 0 Å². The van der Waals surface area contributed by atoms with Crippen molar-refractivity contribution in [3.8, 4) is 5.75 Å². The molecule has 3 rings (SSSR count). The molecule has 0 aliphatic rings. The number of rotatable bonds is 3. The van der Waals surface area contributed by atoms with Crippen molar-refractivity contribution in [2.24, 2.45) is 0 Å². The highest BCUT2D eigenvalue weighted by Crippen LogP contribution is 2.21. The smallest absolute Gasteiger partial charge is 0.178 e. The van der Waals surface area contributed by atoms with E-state index in [2.05, 4.69) is 10.1 Å². The first-order chi connectivity index (χ1) is 8.78. The molecular formula is C12H11N3O2S. The molecule has 6 heteroatoms. The van der Waals surface area contributed by atoms with E-state index in [1.54, 1.807) is 13.4 Å². The maximum absolute atomic E-state index is 5.31. The van der Waals surface area contributed by atoms with Gasteiger partial charge in [-0.1, -0.05) is 5.16 Å². The molecule has 1 N–H and O–H groups in total. The van der Waals surface area contributed by atoms with Crippen molar-refractivity contribution < 1.29 is 9.26 Å². The molecule has 18 heavy (non-hydrogen) atoms. The summed E-state index contributed by atoms with van der Waals surface area (Å²) >= 11 is 5.31. The summed E-state index contributed by atoms with van der Waals surface area (Å²) in [6.07, 6.45) is 1.55. The normalized spacial score (nSPS) is 10.9. The lowest BCUT2D eigenvalue weighted by molar-refractivity contribution is 0.410. The number of aromatic amines is 1. The number of benzene rings is 1. The van der Waals surface area contributed by atoms with Crippen LogP contribution in [0.15, 0.2) is 35.1 Å². The largest absolute Gasteiger partial charge is 0.497 e. The lowest BCUT2D eigenvalue weighted by Gasteiger charge is -2.02. The number of aromatic nitrogens is 3. The molecule has 5 nitrogen and oxygen atoms in total. The molecule has 0 unspecified atom stereocenters. The van der Waals surface area contributed by atoms with Crippen LogP contribution in [0.1, 0.15) is 5.69 Å². The fourth-order valence-corrected chi connectivity index (χ4v) is 2.18. The molecule has 2 aromatic heterocycles. The lowest BCUT2D eigenvalue weighted by atomic mass is 10.3. The van der Waals surface area contributed by atoms with Gasteiger partial charge >= 0.3 is 0 Å². The zero-order valence-electron chi connectivity index (χ0n) is 9.71. The summed E-state index contributed by atoms with van der Waals surface area (Å²) in [5, 5.41) is 3.89. The topological polar surface area (TPSA) is 56.0 Å². The molecule has 3 aromatic rings. The van der Waals surface area contributed by atoms with Gasteiger partial charge in [-0.15, -0.1) is 0 Å². The van der Waals surface area contributed by atoms with E-state index in [0.29, 0.717) is 11.3 Å². The molecule has 0 atom stereocenters. The zero-order chi connectivity index (χ0) is 12.5. The van der Waals surface area contributed by atoms with Crippen molar-refractivity contribution in [3.63, 3.8) is 0 Å². The Hall–Kier alpha value is -2.08. The van der Waals surface area contributed by atoms with Gasteiger partial charge in [0.1, 0.15) is 17.7 Å². The van der Waals surface area contributed by atoms with Crippen molar-refractivity contribution >= 4 is 23.3 Å². The van der Waals surface area contributed by atoms with E-state index < -0.39 is 0 Å². The first-order valence-electron chi connectivity index (χ1n) is 5.44. The van der Waals surface area contributed by atoms with Crippen LogP contribution in [-0.4, -0.2) is 21.8 Å². The van der Waals surface area contributed by atoms with Gasteiger partial charge in [0.25, 0.3) is 0 Å². The molecule has 0 fully saturated rings. The Labute approximate surface area is 108 Å². The standard InChI is InChI=1S/C12H11N3O2S/c1-16-9-2-3-11-10(6-9)13-12(18)15(11)7-8-4-5-17-14-8/h2-6H,7H2,1H3,(H,13,18). The second-order valence-corrected chi connectivity index (χ2v) is 4.28. The van der Waals surface area contributed by atoms with E-state index in [1.165, 1.54) is 0 Å². The molecule has 0 aliphatic heterocycles. The molecule has 0 saturated heterocycles. The molecule has 0 saturated carbocycles. The maximum Gasteiger partial charge on any atom is 0.178 e. The van der Waals surface area contributed by atoms with E-state index in [-0.39, 0.29) is 0 Å². The van der Waals surface area contributed by atoms with Crippen molar-refractivity contribution in [2.75, 3.05) is 7.11 Å². The van der Waals surface area contributed by atoms with Crippen molar-refractivity contribution in [1.82, 2.24) is 14.7 Å². The zero-order valence-corrected chi connectivity index (χ0v) is 10.5. The number of nitrogens with one attached hydrogen (secondary N) is 1. The lowest BCUT2D eigenvalue weighted by Crippen LogP contribution is -1.99. The molecule has 0 aliphatic carbocycles. The number of methoxy groups -OCH3 is 1. The number of hydrogen-bond acceptors (Lipinski definition) is 4. The van der Waals surface area contributed by atoms with Gasteiger partial charge in [-0.3, -0.25) is 0 Å². The minimum absolute atomic E-state index is 0.585. The number of H-pyrrole nitrogens is 1. The monoisotopic (exact) mass is 261 g/mol. The minimum atomic E-state index is 0.585. The van der Waals surface area contributed by atoms with Gasteiger partial charge in [0.05, 0.1) is 24.7 Å². The van der Waals surface area contributed by atoms with Crippen molar-refractivity contribution in [3.05, 3.63) is 41.0 Å². The molecule has 2 heterocycles. The molecule has 0 spiro atoms. The highest BCUT2D eigenvalue weighted by Gasteiger charge is 2.07. The number of nitrogens with zero attached hydrogens (tertiary/aromatic N) is 2. The average Bonchev–Trinajstić information content (AvgIpc) is 2.98. The van der Waals surface area contributed by atoms with Crippen LogP contribution in [0.25, 0.3) is 11.0 Å². The summed E-state index contributed by atoms with van der Waals surface area (Å²) in [6.45, 7) is 0.585. The van der Waals surface area contributed by atoms with E-state index in [1.807, 2.05) is 28.8 Å². The Morgan fingerprint density at radius 1 is 1.44 bits per heavy atom. The van der Waals surface area contributed by atoms with Gasteiger partial charge in [-0.05, 0) is 24.4 Å². The summed E-state index contributed by atoms with van der Waals surface area (Å²) in [5.41, 5.74) is 2.80. The van der Waals surface area contributed by atoms with Crippen LogP contribution in [0.2, 0.25) is 0 Å². The molecule has 0 amide bonds. The first-order valence-corrected chi connectivity index (χ1v) is 5.84. The predicted molar refractivity (Wildman–Crippen MR) is 69.3 cm³/mol. The highest BCUT2D eigenvalue weighted by molar-refractivity contribution is 7.71. The van der Waals surface area contributed by atoms with E-state index >= 15 is 0 Å². The molecule has 1 aromatic carbocycles. The summed E-state index contributed by atoms with van der Waals surface area (Å²) in [5.74, 6) is 0.798. The summed E-state index contributed by atoms with van der Waals surface area (Å²) in [7, 11) is 1.64. The Kier molecular flexibility index (Phi) is 2.64. The molecule has 92 valence electrons. The summed E-state index contributed by atoms with van der Waals surface area (Å²) in [6, 6.07) is 7.62. The predicted octanol–water partition coefficient (Wildman–Crippen LogP) is 2.74. The van der Waals surface area contributed by atoms with Crippen LogP contribution in [-0.2, 0) is 6.54 Å². The van der Waals surface area contributed by atoms with E-state index in [9.17, 15) is 0 Å². The van der Waals surface area contributed by atoms with Crippen LogP contribution in [0.4, 0.5) is 0 Å². The van der Waals surface area contributed by atoms with Gasteiger partial charge in [0.2, 0.25) is 0 Å². The van der Waals surface area contributed by atoms with Crippen LogP contribution < -0.4 is 4.74 Å². The van der Waals surface area contributed by atoms with Crippen LogP contribution >= 0.6 is 12.2 Å². The van der Waals surface area contributed by atoms with E-state index in [0.717, 1.165) is 22.5 Å². The van der Waals surface area contributed by atoms with Gasteiger partial charge in [-0.2, -0.15) is 0 Å². The van der Waals surface area contributed by atoms with Gasteiger partial charge in [-0.25, -0.2) is 0 Å².